The summed E-state index contributed by atoms with van der Waals surface area (Å²) in [5, 5.41) is 0. The van der Waals surface area contributed by atoms with Gasteiger partial charge in [-0.2, -0.15) is 0 Å². The van der Waals surface area contributed by atoms with Gasteiger partial charge in [0.05, 0.1) is 0 Å². The summed E-state index contributed by atoms with van der Waals surface area (Å²) < 4.78 is 0. The molecule has 1 unspecified atom stereocenters. The Kier molecular flexibility index (Phi) is 4.69. The minimum Gasteiger partial charge on any atom is -0.389 e. The minimum atomic E-state index is 0.0110. The molecular weight excluding hydrogens is 256 g/mol. The summed E-state index contributed by atoms with van der Waals surface area (Å²) in [6.07, 6.45) is 0. The first kappa shape index (κ1) is 15.6. The first-order valence-corrected chi connectivity index (χ1v) is 6.72. The summed E-state index contributed by atoms with van der Waals surface area (Å²) in [7, 11) is 1.83. The normalized spacial score (nSPS) is 12.9. The number of nitrogens with two attached hydrogens (primary N) is 1. The van der Waals surface area contributed by atoms with E-state index < -0.39 is 0 Å². The maximum atomic E-state index is 12.4. The minimum absolute atomic E-state index is 0.0110. The standard InChI is InChI=1S/C15H22N2OS/c1-10(15(2,3)4)17(5)14(18)12-8-6-11(7-9-12)13(16)19/h6-10H,1-5H3,(H2,16,19). The van der Waals surface area contributed by atoms with Gasteiger partial charge in [0.2, 0.25) is 0 Å². The first-order valence-electron chi connectivity index (χ1n) is 6.31. The molecule has 0 saturated heterocycles. The Morgan fingerprint density at radius 3 is 2.00 bits per heavy atom. The van der Waals surface area contributed by atoms with Crippen LogP contribution >= 0.6 is 12.2 Å². The quantitative estimate of drug-likeness (QED) is 0.865. The number of carbonyl (C=O) groups is 1. The van der Waals surface area contributed by atoms with Crippen molar-refractivity contribution < 1.29 is 4.79 Å². The lowest BCUT2D eigenvalue weighted by Gasteiger charge is -2.35. The number of hydrogen-bond acceptors (Lipinski definition) is 2. The van der Waals surface area contributed by atoms with Crippen LogP contribution in [0.1, 0.15) is 43.6 Å². The molecule has 1 aromatic rings. The van der Waals surface area contributed by atoms with Crippen LogP contribution in [0.2, 0.25) is 0 Å². The molecule has 104 valence electrons. The smallest absolute Gasteiger partial charge is 0.253 e. The van der Waals surface area contributed by atoms with Gasteiger partial charge in [-0.15, -0.1) is 0 Å². The number of amides is 1. The van der Waals surface area contributed by atoms with E-state index in [1.807, 2.05) is 7.05 Å². The molecule has 0 fully saturated rings. The molecule has 1 rings (SSSR count). The number of rotatable bonds is 3. The largest absolute Gasteiger partial charge is 0.389 e. The van der Waals surface area contributed by atoms with Crippen LogP contribution in [0.25, 0.3) is 0 Å². The van der Waals surface area contributed by atoms with Gasteiger partial charge in [0.1, 0.15) is 4.99 Å². The van der Waals surface area contributed by atoms with Crippen molar-refractivity contribution in [2.75, 3.05) is 7.05 Å². The predicted molar refractivity (Wildman–Crippen MR) is 83.3 cm³/mol. The average Bonchev–Trinajstić information content (AvgIpc) is 2.35. The molecule has 19 heavy (non-hydrogen) atoms. The maximum absolute atomic E-state index is 12.4. The molecule has 4 heteroatoms. The van der Waals surface area contributed by atoms with Crippen LogP contribution in [-0.2, 0) is 0 Å². The Bertz CT molecular complexity index is 474. The highest BCUT2D eigenvalue weighted by atomic mass is 32.1. The van der Waals surface area contributed by atoms with Crippen LogP contribution < -0.4 is 5.73 Å². The van der Waals surface area contributed by atoms with Crippen LogP contribution in [0.3, 0.4) is 0 Å². The fourth-order valence-electron chi connectivity index (χ4n) is 1.74. The van der Waals surface area contributed by atoms with E-state index >= 15 is 0 Å². The zero-order valence-corrected chi connectivity index (χ0v) is 13.0. The molecule has 1 aromatic carbocycles. The average molecular weight is 278 g/mol. The second-order valence-electron chi connectivity index (χ2n) is 5.90. The summed E-state index contributed by atoms with van der Waals surface area (Å²) in [5.74, 6) is 0.0110. The lowest BCUT2D eigenvalue weighted by atomic mass is 9.87. The predicted octanol–water partition coefficient (Wildman–Crippen LogP) is 2.83. The van der Waals surface area contributed by atoms with Crippen molar-refractivity contribution in [2.45, 2.75) is 33.7 Å². The molecule has 0 aliphatic rings. The van der Waals surface area contributed by atoms with Gasteiger partial charge in [0, 0.05) is 24.2 Å². The van der Waals surface area contributed by atoms with Crippen molar-refractivity contribution in [3.8, 4) is 0 Å². The first-order chi connectivity index (χ1) is 8.64. The Morgan fingerprint density at radius 2 is 1.63 bits per heavy atom. The van der Waals surface area contributed by atoms with Crippen LogP contribution in [0.5, 0.6) is 0 Å². The maximum Gasteiger partial charge on any atom is 0.253 e. The second-order valence-corrected chi connectivity index (χ2v) is 6.34. The Balaban J connectivity index is 2.91. The van der Waals surface area contributed by atoms with Crippen LogP contribution in [0.4, 0.5) is 0 Å². The number of hydrogen-bond donors (Lipinski definition) is 1. The van der Waals surface area contributed by atoms with Gasteiger partial charge in [-0.05, 0) is 24.5 Å². The molecular formula is C15H22N2OS. The van der Waals surface area contributed by atoms with Crippen molar-refractivity contribution in [2.24, 2.45) is 11.1 Å². The fraction of sp³-hybridized carbons (Fsp3) is 0.467. The van der Waals surface area contributed by atoms with Gasteiger partial charge in [-0.25, -0.2) is 0 Å². The highest BCUT2D eigenvalue weighted by molar-refractivity contribution is 7.80. The van der Waals surface area contributed by atoms with E-state index in [1.54, 1.807) is 29.2 Å². The second kappa shape index (κ2) is 5.70. The number of nitrogens with zero attached hydrogens (tertiary/aromatic N) is 1. The van der Waals surface area contributed by atoms with E-state index in [0.29, 0.717) is 10.6 Å². The van der Waals surface area contributed by atoms with E-state index in [1.165, 1.54) is 0 Å². The number of benzene rings is 1. The van der Waals surface area contributed by atoms with Gasteiger partial charge >= 0.3 is 0 Å². The van der Waals surface area contributed by atoms with E-state index in [2.05, 4.69) is 27.7 Å². The molecule has 0 aliphatic heterocycles. The summed E-state index contributed by atoms with van der Waals surface area (Å²) in [4.78, 5) is 14.5. The Labute approximate surface area is 120 Å². The van der Waals surface area contributed by atoms with Crippen molar-refractivity contribution in [1.82, 2.24) is 4.90 Å². The molecule has 3 nitrogen and oxygen atoms in total. The lowest BCUT2D eigenvalue weighted by molar-refractivity contribution is 0.0629. The molecule has 0 saturated carbocycles. The van der Waals surface area contributed by atoms with Crippen molar-refractivity contribution in [3.63, 3.8) is 0 Å². The lowest BCUT2D eigenvalue weighted by Crippen LogP contribution is -2.42. The summed E-state index contributed by atoms with van der Waals surface area (Å²) >= 11 is 4.90. The summed E-state index contributed by atoms with van der Waals surface area (Å²) in [6.45, 7) is 8.42. The highest BCUT2D eigenvalue weighted by Crippen LogP contribution is 2.24. The Morgan fingerprint density at radius 1 is 1.21 bits per heavy atom. The highest BCUT2D eigenvalue weighted by Gasteiger charge is 2.27. The molecule has 0 bridgehead atoms. The van der Waals surface area contributed by atoms with E-state index in [0.717, 1.165) is 5.56 Å². The number of carbonyl (C=O) groups excluding carboxylic acids is 1. The molecule has 0 aromatic heterocycles. The molecule has 1 amide bonds. The van der Waals surface area contributed by atoms with Gasteiger partial charge in [0.15, 0.2) is 0 Å². The molecule has 0 aliphatic carbocycles. The van der Waals surface area contributed by atoms with Crippen LogP contribution in [-0.4, -0.2) is 28.9 Å². The third-order valence-corrected chi connectivity index (χ3v) is 3.81. The fourth-order valence-corrected chi connectivity index (χ4v) is 1.87. The summed E-state index contributed by atoms with van der Waals surface area (Å²) in [5.41, 5.74) is 7.01. The van der Waals surface area contributed by atoms with Crippen molar-refractivity contribution in [1.29, 1.82) is 0 Å². The molecule has 0 spiro atoms. The van der Waals surface area contributed by atoms with Gasteiger partial charge in [-0.1, -0.05) is 45.1 Å². The van der Waals surface area contributed by atoms with Crippen LogP contribution in [0, 0.1) is 5.41 Å². The SMILES string of the molecule is CC(N(C)C(=O)c1ccc(C(N)=S)cc1)C(C)(C)C. The third kappa shape index (κ3) is 3.77. The molecule has 1 atom stereocenters. The van der Waals surface area contributed by atoms with E-state index in [4.69, 9.17) is 18.0 Å². The number of thiocarbonyl (C=S) groups is 1. The van der Waals surface area contributed by atoms with Crippen molar-refractivity contribution in [3.05, 3.63) is 35.4 Å². The van der Waals surface area contributed by atoms with E-state index in [9.17, 15) is 4.79 Å². The third-order valence-electron chi connectivity index (χ3n) is 3.57. The summed E-state index contributed by atoms with van der Waals surface area (Å²) in [6, 6.07) is 7.25. The molecule has 2 N–H and O–H groups in total. The van der Waals surface area contributed by atoms with Gasteiger partial charge in [0.25, 0.3) is 5.91 Å². The molecule has 0 heterocycles. The van der Waals surface area contributed by atoms with Gasteiger partial charge < -0.3 is 10.6 Å². The zero-order chi connectivity index (χ0) is 14.8. The monoisotopic (exact) mass is 278 g/mol. The van der Waals surface area contributed by atoms with Crippen molar-refractivity contribution >= 4 is 23.1 Å². The van der Waals surface area contributed by atoms with E-state index in [-0.39, 0.29) is 17.4 Å². The topological polar surface area (TPSA) is 46.3 Å². The van der Waals surface area contributed by atoms with Crippen LogP contribution in [0.15, 0.2) is 24.3 Å². The zero-order valence-electron chi connectivity index (χ0n) is 12.2. The van der Waals surface area contributed by atoms with Gasteiger partial charge in [-0.3, -0.25) is 4.79 Å². The Hall–Kier alpha value is -1.42. The molecule has 0 radical (unpaired) electrons.